The molecule has 1 unspecified atom stereocenters. The van der Waals surface area contributed by atoms with E-state index in [0.717, 1.165) is 23.5 Å². The first kappa shape index (κ1) is 13.5. The Balaban J connectivity index is 2.21. The second-order valence-electron chi connectivity index (χ2n) is 4.11. The van der Waals surface area contributed by atoms with E-state index in [1.807, 2.05) is 11.4 Å². The topological polar surface area (TPSA) is 29.5 Å². The maximum absolute atomic E-state index is 9.94. The minimum absolute atomic E-state index is 0.310. The first-order valence-corrected chi connectivity index (χ1v) is 6.96. The van der Waals surface area contributed by atoms with Crippen molar-refractivity contribution in [2.24, 2.45) is 0 Å². The summed E-state index contributed by atoms with van der Waals surface area (Å²) in [7, 11) is 1.66. The monoisotopic (exact) mass is 242 g/mol. The lowest BCUT2D eigenvalue weighted by molar-refractivity contribution is 0.167. The molecule has 1 aromatic rings. The van der Waals surface area contributed by atoms with Crippen molar-refractivity contribution in [1.82, 2.24) is 0 Å². The van der Waals surface area contributed by atoms with Crippen molar-refractivity contribution in [2.75, 3.05) is 7.11 Å². The minimum Gasteiger partial charge on any atom is -0.496 e. The SMILES string of the molecule is CCCCCCCC(O)c1cc(OC)cs1. The van der Waals surface area contributed by atoms with Gasteiger partial charge < -0.3 is 9.84 Å². The van der Waals surface area contributed by atoms with Crippen molar-refractivity contribution >= 4 is 11.3 Å². The van der Waals surface area contributed by atoms with Gasteiger partial charge in [0.05, 0.1) is 13.2 Å². The first-order valence-electron chi connectivity index (χ1n) is 6.08. The van der Waals surface area contributed by atoms with Crippen LogP contribution in [0.2, 0.25) is 0 Å². The maximum Gasteiger partial charge on any atom is 0.129 e. The molecule has 0 aromatic carbocycles. The fourth-order valence-corrected chi connectivity index (χ4v) is 2.58. The number of hydrogen-bond donors (Lipinski definition) is 1. The zero-order valence-electron chi connectivity index (χ0n) is 10.2. The van der Waals surface area contributed by atoms with Crippen LogP contribution in [0.5, 0.6) is 5.75 Å². The first-order chi connectivity index (χ1) is 7.77. The summed E-state index contributed by atoms with van der Waals surface area (Å²) in [5.41, 5.74) is 0. The van der Waals surface area contributed by atoms with E-state index in [-0.39, 0.29) is 6.10 Å². The molecule has 0 fully saturated rings. The Hall–Kier alpha value is -0.540. The predicted molar refractivity (Wildman–Crippen MR) is 69.2 cm³/mol. The van der Waals surface area contributed by atoms with Gasteiger partial charge in [-0.2, -0.15) is 0 Å². The average molecular weight is 242 g/mol. The Morgan fingerprint density at radius 3 is 2.69 bits per heavy atom. The van der Waals surface area contributed by atoms with Gasteiger partial charge in [-0.25, -0.2) is 0 Å². The van der Waals surface area contributed by atoms with E-state index in [1.165, 1.54) is 25.7 Å². The number of ether oxygens (including phenoxy) is 1. The molecule has 0 saturated heterocycles. The maximum atomic E-state index is 9.94. The van der Waals surface area contributed by atoms with E-state index in [4.69, 9.17) is 4.74 Å². The van der Waals surface area contributed by atoms with E-state index in [2.05, 4.69) is 6.92 Å². The molecule has 2 nitrogen and oxygen atoms in total. The molecule has 1 N–H and O–H groups in total. The molecule has 1 atom stereocenters. The fraction of sp³-hybridized carbons (Fsp3) is 0.692. The van der Waals surface area contributed by atoms with Gasteiger partial charge in [0.15, 0.2) is 0 Å². The molecule has 0 radical (unpaired) electrons. The van der Waals surface area contributed by atoms with Crippen LogP contribution in [0, 0.1) is 0 Å². The van der Waals surface area contributed by atoms with Gasteiger partial charge >= 0.3 is 0 Å². The largest absolute Gasteiger partial charge is 0.496 e. The van der Waals surface area contributed by atoms with Crippen LogP contribution < -0.4 is 4.74 Å². The molecule has 0 spiro atoms. The van der Waals surface area contributed by atoms with Gasteiger partial charge in [0.2, 0.25) is 0 Å². The third-order valence-electron chi connectivity index (χ3n) is 2.74. The molecule has 1 aromatic heterocycles. The second-order valence-corrected chi connectivity index (χ2v) is 5.05. The van der Waals surface area contributed by atoms with Crippen molar-refractivity contribution in [1.29, 1.82) is 0 Å². The van der Waals surface area contributed by atoms with Gasteiger partial charge in [0.25, 0.3) is 0 Å². The van der Waals surface area contributed by atoms with E-state index in [1.54, 1.807) is 18.4 Å². The van der Waals surface area contributed by atoms with E-state index < -0.39 is 0 Å². The number of hydrogen-bond acceptors (Lipinski definition) is 3. The lowest BCUT2D eigenvalue weighted by atomic mass is 10.1. The van der Waals surface area contributed by atoms with Crippen molar-refractivity contribution in [2.45, 2.75) is 51.6 Å². The molecule has 0 saturated carbocycles. The average Bonchev–Trinajstić information content (AvgIpc) is 2.77. The fourth-order valence-electron chi connectivity index (χ4n) is 1.70. The summed E-state index contributed by atoms with van der Waals surface area (Å²) in [6, 6.07) is 1.93. The number of rotatable bonds is 8. The third-order valence-corrected chi connectivity index (χ3v) is 3.75. The van der Waals surface area contributed by atoms with Crippen LogP contribution in [0.4, 0.5) is 0 Å². The third kappa shape index (κ3) is 4.54. The number of unbranched alkanes of at least 4 members (excludes halogenated alkanes) is 4. The van der Waals surface area contributed by atoms with Crippen LogP contribution in [-0.2, 0) is 0 Å². The van der Waals surface area contributed by atoms with Crippen LogP contribution in [0.15, 0.2) is 11.4 Å². The molecule has 0 aliphatic rings. The highest BCUT2D eigenvalue weighted by Gasteiger charge is 2.10. The summed E-state index contributed by atoms with van der Waals surface area (Å²) < 4.78 is 5.10. The Morgan fingerprint density at radius 1 is 1.31 bits per heavy atom. The van der Waals surface area contributed by atoms with Crippen molar-refractivity contribution < 1.29 is 9.84 Å². The molecule has 0 aliphatic carbocycles. The molecule has 1 heterocycles. The molecule has 0 bridgehead atoms. The minimum atomic E-state index is -0.310. The molecular weight excluding hydrogens is 220 g/mol. The summed E-state index contributed by atoms with van der Waals surface area (Å²) in [6.45, 7) is 2.22. The highest BCUT2D eigenvalue weighted by Crippen LogP contribution is 2.29. The van der Waals surface area contributed by atoms with Crippen LogP contribution in [0.25, 0.3) is 0 Å². The normalized spacial score (nSPS) is 12.7. The van der Waals surface area contributed by atoms with Crippen LogP contribution in [-0.4, -0.2) is 12.2 Å². The van der Waals surface area contributed by atoms with Crippen molar-refractivity contribution in [3.63, 3.8) is 0 Å². The predicted octanol–water partition coefficient (Wildman–Crippen LogP) is 4.15. The molecule has 0 amide bonds. The van der Waals surface area contributed by atoms with E-state index in [0.29, 0.717) is 0 Å². The van der Waals surface area contributed by atoms with Gasteiger partial charge in [-0.3, -0.25) is 0 Å². The molecule has 16 heavy (non-hydrogen) atoms. The van der Waals surface area contributed by atoms with E-state index >= 15 is 0 Å². The van der Waals surface area contributed by atoms with Gasteiger partial charge in [-0.1, -0.05) is 39.0 Å². The summed E-state index contributed by atoms with van der Waals surface area (Å²) in [5, 5.41) is 11.9. The summed E-state index contributed by atoms with van der Waals surface area (Å²) in [5.74, 6) is 0.852. The highest BCUT2D eigenvalue weighted by molar-refractivity contribution is 7.10. The zero-order valence-corrected chi connectivity index (χ0v) is 11.1. The highest BCUT2D eigenvalue weighted by atomic mass is 32.1. The lowest BCUT2D eigenvalue weighted by Crippen LogP contribution is -1.94. The summed E-state index contributed by atoms with van der Waals surface area (Å²) >= 11 is 1.58. The van der Waals surface area contributed by atoms with Gasteiger partial charge in [0, 0.05) is 10.3 Å². The van der Waals surface area contributed by atoms with Crippen LogP contribution in [0.1, 0.15) is 56.4 Å². The Bertz CT molecular complexity index is 283. The molecule has 0 aliphatic heterocycles. The van der Waals surface area contributed by atoms with Gasteiger partial charge in [0.1, 0.15) is 5.75 Å². The quantitative estimate of drug-likeness (QED) is 0.694. The Labute approximate surface area is 102 Å². The molecular formula is C13H22O2S. The van der Waals surface area contributed by atoms with Crippen LogP contribution >= 0.6 is 11.3 Å². The number of aliphatic hydroxyl groups excluding tert-OH is 1. The standard InChI is InChI=1S/C13H22O2S/c1-3-4-5-6-7-8-12(14)13-9-11(15-2)10-16-13/h9-10,12,14H,3-8H2,1-2H3. The molecule has 92 valence electrons. The molecule has 3 heteroatoms. The Morgan fingerprint density at radius 2 is 2.06 bits per heavy atom. The van der Waals surface area contributed by atoms with Crippen molar-refractivity contribution in [3.8, 4) is 5.75 Å². The number of methoxy groups -OCH3 is 1. The van der Waals surface area contributed by atoms with Crippen LogP contribution in [0.3, 0.4) is 0 Å². The van der Waals surface area contributed by atoms with Crippen molar-refractivity contribution in [3.05, 3.63) is 16.3 Å². The summed E-state index contributed by atoms with van der Waals surface area (Å²) in [4.78, 5) is 1.02. The summed E-state index contributed by atoms with van der Waals surface area (Å²) in [6.07, 6.45) is 6.77. The number of aliphatic hydroxyl groups is 1. The second kappa shape index (κ2) is 7.69. The van der Waals surface area contributed by atoms with Gasteiger partial charge in [-0.15, -0.1) is 11.3 Å². The Kier molecular flexibility index (Phi) is 6.50. The van der Waals surface area contributed by atoms with E-state index in [9.17, 15) is 5.11 Å². The smallest absolute Gasteiger partial charge is 0.129 e. The molecule has 1 rings (SSSR count). The number of thiophene rings is 1. The lowest BCUT2D eigenvalue weighted by Gasteiger charge is -2.07. The van der Waals surface area contributed by atoms with Gasteiger partial charge in [-0.05, 0) is 12.5 Å². The zero-order chi connectivity index (χ0) is 11.8.